The van der Waals surface area contributed by atoms with Crippen LogP contribution in [-0.2, 0) is 0 Å². The van der Waals surface area contributed by atoms with E-state index in [0.717, 1.165) is 49.5 Å². The molecular weight excluding hydrogens is 521 g/mol. The number of hydrogen-bond donors (Lipinski definition) is 2. The molecule has 0 aliphatic carbocycles. The summed E-state index contributed by atoms with van der Waals surface area (Å²) in [6, 6.07) is 13.0. The van der Waals surface area contributed by atoms with Crippen LogP contribution in [0, 0.1) is 17.1 Å². The number of pyridine rings is 1. The highest BCUT2D eigenvalue weighted by atomic mass is 19.1. The maximum atomic E-state index is 16.5. The second-order valence-corrected chi connectivity index (χ2v) is 11.7. The molecule has 0 radical (unpaired) electrons. The second kappa shape index (κ2) is 9.79. The zero-order chi connectivity index (χ0) is 28.2. The van der Waals surface area contributed by atoms with Crippen molar-refractivity contribution in [2.45, 2.75) is 49.6 Å². The van der Waals surface area contributed by atoms with Gasteiger partial charge >= 0.3 is 6.01 Å². The van der Waals surface area contributed by atoms with Crippen LogP contribution in [0.25, 0.3) is 32.9 Å². The number of benzene rings is 2. The fraction of sp³-hybridized carbons (Fsp3) is 0.419. The van der Waals surface area contributed by atoms with Crippen molar-refractivity contribution < 1.29 is 14.2 Å². The van der Waals surface area contributed by atoms with E-state index in [0.29, 0.717) is 49.3 Å². The van der Waals surface area contributed by atoms with Crippen LogP contribution in [0.5, 0.6) is 11.8 Å². The van der Waals surface area contributed by atoms with Crippen LogP contribution in [0.4, 0.5) is 10.2 Å². The SMILES string of the molecule is N#CC1(N)CCN(c2nc(OCC34CCCN3CCC4)nc3c(F)c(-c4cc(O)cc5ccccc45)ncc23)CC1. The van der Waals surface area contributed by atoms with Gasteiger partial charge < -0.3 is 20.5 Å². The van der Waals surface area contributed by atoms with E-state index >= 15 is 4.39 Å². The first-order valence-corrected chi connectivity index (χ1v) is 14.3. The lowest BCUT2D eigenvalue weighted by atomic mass is 9.90. The third kappa shape index (κ3) is 4.40. The molecule has 3 fully saturated rings. The number of rotatable bonds is 5. The molecule has 2 aromatic heterocycles. The van der Waals surface area contributed by atoms with Crippen molar-refractivity contribution in [2.75, 3.05) is 37.7 Å². The number of halogens is 1. The quantitative estimate of drug-likeness (QED) is 0.367. The van der Waals surface area contributed by atoms with Crippen LogP contribution in [0.3, 0.4) is 0 Å². The lowest BCUT2D eigenvalue weighted by Gasteiger charge is -2.36. The minimum absolute atomic E-state index is 0.0159. The highest BCUT2D eigenvalue weighted by molar-refractivity contribution is 5.99. The Bertz CT molecular complexity index is 1690. The van der Waals surface area contributed by atoms with Gasteiger partial charge in [0.2, 0.25) is 0 Å². The molecule has 41 heavy (non-hydrogen) atoms. The third-order valence-corrected chi connectivity index (χ3v) is 9.20. The number of piperidine rings is 1. The number of hydrogen-bond acceptors (Lipinski definition) is 9. The van der Waals surface area contributed by atoms with E-state index in [-0.39, 0.29) is 28.5 Å². The maximum Gasteiger partial charge on any atom is 0.319 e. The van der Waals surface area contributed by atoms with Gasteiger partial charge in [-0.3, -0.25) is 9.88 Å². The largest absolute Gasteiger partial charge is 0.508 e. The highest BCUT2D eigenvalue weighted by Crippen LogP contribution is 2.40. The van der Waals surface area contributed by atoms with Crippen molar-refractivity contribution in [2.24, 2.45) is 5.73 Å². The number of phenolic OH excluding ortho intramolecular Hbond substituents is 1. The van der Waals surface area contributed by atoms with Gasteiger partial charge in [0.15, 0.2) is 5.82 Å². The number of aromatic nitrogens is 3. The Labute approximate surface area is 237 Å². The van der Waals surface area contributed by atoms with Gasteiger partial charge in [-0.25, -0.2) is 4.39 Å². The zero-order valence-corrected chi connectivity index (χ0v) is 22.8. The van der Waals surface area contributed by atoms with Crippen LogP contribution in [0.2, 0.25) is 0 Å². The molecule has 10 heteroatoms. The van der Waals surface area contributed by atoms with Crippen LogP contribution in [-0.4, -0.2) is 68.8 Å². The van der Waals surface area contributed by atoms with E-state index in [2.05, 4.69) is 20.9 Å². The molecule has 3 saturated heterocycles. The molecular formula is C31H32FN7O2. The average molecular weight is 554 g/mol. The van der Waals surface area contributed by atoms with Gasteiger partial charge in [-0.15, -0.1) is 0 Å². The van der Waals surface area contributed by atoms with Gasteiger partial charge in [0.05, 0.1) is 17.0 Å². The van der Waals surface area contributed by atoms with E-state index in [4.69, 9.17) is 15.5 Å². The first-order chi connectivity index (χ1) is 19.9. The minimum Gasteiger partial charge on any atom is -0.508 e. The van der Waals surface area contributed by atoms with Crippen molar-refractivity contribution in [3.63, 3.8) is 0 Å². The van der Waals surface area contributed by atoms with Gasteiger partial charge in [-0.2, -0.15) is 15.2 Å². The van der Waals surface area contributed by atoms with Crippen molar-refractivity contribution in [3.05, 3.63) is 48.4 Å². The van der Waals surface area contributed by atoms with Gasteiger partial charge in [0.25, 0.3) is 0 Å². The van der Waals surface area contributed by atoms with Gasteiger partial charge in [0.1, 0.15) is 34.9 Å². The lowest BCUT2D eigenvalue weighted by Crippen LogP contribution is -2.49. The summed E-state index contributed by atoms with van der Waals surface area (Å²) in [6.07, 6.45) is 6.94. The summed E-state index contributed by atoms with van der Waals surface area (Å²) in [5, 5.41) is 21.9. The van der Waals surface area contributed by atoms with E-state index in [9.17, 15) is 10.4 Å². The highest BCUT2D eigenvalue weighted by Gasteiger charge is 2.45. The molecule has 5 heterocycles. The molecule has 4 aromatic rings. The first kappa shape index (κ1) is 25.9. The number of ether oxygens (including phenoxy) is 1. The van der Waals surface area contributed by atoms with Crippen molar-refractivity contribution >= 4 is 27.5 Å². The summed E-state index contributed by atoms with van der Waals surface area (Å²) in [7, 11) is 0. The van der Waals surface area contributed by atoms with Gasteiger partial charge in [-0.1, -0.05) is 24.3 Å². The summed E-state index contributed by atoms with van der Waals surface area (Å²) in [5.74, 6) is -0.0493. The Morgan fingerprint density at radius 2 is 1.78 bits per heavy atom. The molecule has 0 amide bonds. The molecule has 0 spiro atoms. The normalized spacial score (nSPS) is 19.9. The summed E-state index contributed by atoms with van der Waals surface area (Å²) < 4.78 is 22.8. The van der Waals surface area contributed by atoms with Gasteiger partial charge in [0, 0.05) is 24.8 Å². The molecule has 3 N–H and O–H groups in total. The van der Waals surface area contributed by atoms with E-state index in [1.807, 2.05) is 29.2 Å². The predicted molar refractivity (Wildman–Crippen MR) is 154 cm³/mol. The second-order valence-electron chi connectivity index (χ2n) is 11.7. The molecule has 0 bridgehead atoms. The smallest absolute Gasteiger partial charge is 0.319 e. The molecule has 2 aromatic carbocycles. The molecule has 3 aliphatic rings. The number of phenols is 1. The molecule has 9 nitrogen and oxygen atoms in total. The van der Waals surface area contributed by atoms with Crippen molar-refractivity contribution in [1.29, 1.82) is 5.26 Å². The predicted octanol–water partition coefficient (Wildman–Crippen LogP) is 4.52. The average Bonchev–Trinajstić information content (AvgIpc) is 3.57. The zero-order valence-electron chi connectivity index (χ0n) is 22.8. The van der Waals surface area contributed by atoms with Crippen LogP contribution in [0.15, 0.2) is 42.6 Å². The molecule has 7 rings (SSSR count). The molecule has 0 saturated carbocycles. The number of nitrogens with zero attached hydrogens (tertiary/aromatic N) is 6. The first-order valence-electron chi connectivity index (χ1n) is 14.3. The number of fused-ring (bicyclic) bond motifs is 3. The van der Waals surface area contributed by atoms with Gasteiger partial charge in [-0.05, 0) is 74.5 Å². The minimum atomic E-state index is -0.890. The van der Waals surface area contributed by atoms with Crippen molar-refractivity contribution in [3.8, 4) is 29.1 Å². The Morgan fingerprint density at radius 3 is 2.54 bits per heavy atom. The standard InChI is InChI=1S/C31H32FN7O2/c32-25-26(23-16-21(40)15-20-5-1-2-6-22(20)23)35-17-24-27(25)36-29(41-19-31-7-3-11-39(31)12-4-8-31)37-28(24)38-13-9-30(34,18-33)10-14-38/h1-2,5-6,15-17,40H,3-4,7-14,19,34H2. The summed E-state index contributed by atoms with van der Waals surface area (Å²) >= 11 is 0. The van der Waals surface area contributed by atoms with Crippen LogP contribution < -0.4 is 15.4 Å². The third-order valence-electron chi connectivity index (χ3n) is 9.20. The summed E-state index contributed by atoms with van der Waals surface area (Å²) in [6.45, 7) is 3.58. The summed E-state index contributed by atoms with van der Waals surface area (Å²) in [5.41, 5.74) is 6.01. The maximum absolute atomic E-state index is 16.5. The fourth-order valence-corrected chi connectivity index (χ4v) is 6.89. The Hall–Kier alpha value is -4.07. The van der Waals surface area contributed by atoms with Crippen molar-refractivity contribution in [1.82, 2.24) is 19.9 Å². The number of anilines is 1. The topological polar surface area (TPSA) is 124 Å². The van der Waals surface area contributed by atoms with E-state index in [1.54, 1.807) is 12.3 Å². The van der Waals surface area contributed by atoms with Crippen LogP contribution >= 0.6 is 0 Å². The van der Waals surface area contributed by atoms with E-state index < -0.39 is 11.4 Å². The fourth-order valence-electron chi connectivity index (χ4n) is 6.89. The number of nitriles is 1. The van der Waals surface area contributed by atoms with Crippen LogP contribution in [0.1, 0.15) is 38.5 Å². The summed E-state index contributed by atoms with van der Waals surface area (Å²) in [4.78, 5) is 18.4. The number of nitrogens with two attached hydrogens (primary N) is 1. The molecule has 3 aliphatic heterocycles. The Balaban J connectivity index is 1.34. The Kier molecular flexibility index (Phi) is 6.17. The molecule has 0 atom stereocenters. The molecule has 0 unspecified atom stereocenters. The van der Waals surface area contributed by atoms with E-state index in [1.165, 1.54) is 6.07 Å². The lowest BCUT2D eigenvalue weighted by molar-refractivity contribution is 0.108. The monoisotopic (exact) mass is 553 g/mol. The Morgan fingerprint density at radius 1 is 1.02 bits per heavy atom. The molecule has 210 valence electrons. The number of aromatic hydroxyl groups is 1.